The van der Waals surface area contributed by atoms with Crippen molar-refractivity contribution in [1.29, 1.82) is 0 Å². The van der Waals surface area contributed by atoms with Gasteiger partial charge in [-0.3, -0.25) is 4.79 Å². The molecule has 0 amide bonds. The molecule has 2 fully saturated rings. The summed E-state index contributed by atoms with van der Waals surface area (Å²) >= 11 is 0. The fourth-order valence-electron chi connectivity index (χ4n) is 7.02. The number of aliphatic hydroxyl groups is 4. The van der Waals surface area contributed by atoms with E-state index in [-0.39, 0.29) is 30.5 Å². The Balaban J connectivity index is 1.60. The first-order chi connectivity index (χ1) is 17.5. The highest BCUT2D eigenvalue weighted by Crippen LogP contribution is 2.62. The second-order valence-corrected chi connectivity index (χ2v) is 11.5. The Morgan fingerprint density at radius 1 is 1.19 bits per heavy atom. The maximum absolute atomic E-state index is 11.3. The molecule has 0 bridgehead atoms. The van der Waals surface area contributed by atoms with Crippen molar-refractivity contribution >= 4 is 5.97 Å². The Morgan fingerprint density at radius 2 is 1.95 bits per heavy atom. The summed E-state index contributed by atoms with van der Waals surface area (Å²) in [4.78, 5) is 11.3. The van der Waals surface area contributed by atoms with E-state index >= 15 is 0 Å². The third kappa shape index (κ3) is 5.27. The van der Waals surface area contributed by atoms with Crippen LogP contribution in [0.15, 0.2) is 34.7 Å². The monoisotopic (exact) mass is 522 g/mol. The van der Waals surface area contributed by atoms with E-state index in [1.165, 1.54) is 6.92 Å². The maximum Gasteiger partial charge on any atom is 0.302 e. The molecule has 10 atom stereocenters. The van der Waals surface area contributed by atoms with Gasteiger partial charge in [0.05, 0.1) is 25.2 Å². The molecule has 1 aromatic heterocycles. The van der Waals surface area contributed by atoms with Crippen molar-refractivity contribution in [1.82, 2.24) is 0 Å². The number of rotatable bonds is 8. The van der Waals surface area contributed by atoms with Crippen LogP contribution >= 0.6 is 0 Å². The van der Waals surface area contributed by atoms with Gasteiger partial charge in [0, 0.05) is 12.3 Å². The summed E-state index contributed by atoms with van der Waals surface area (Å²) in [6.07, 6.45) is 2.76. The second-order valence-electron chi connectivity index (χ2n) is 11.5. The minimum atomic E-state index is -1.52. The third-order valence-corrected chi connectivity index (χ3v) is 9.54. The lowest BCUT2D eigenvalue weighted by atomic mass is 9.45. The molecule has 37 heavy (non-hydrogen) atoms. The molecule has 1 aromatic rings. The van der Waals surface area contributed by atoms with E-state index in [2.05, 4.69) is 26.8 Å². The van der Waals surface area contributed by atoms with Gasteiger partial charge in [-0.05, 0) is 66.6 Å². The number of aliphatic hydroxyl groups excluding tert-OH is 4. The normalized spacial score (nSPS) is 42.1. The largest absolute Gasteiger partial charge is 0.472 e. The topological polar surface area (TPSA) is 139 Å². The van der Waals surface area contributed by atoms with E-state index in [1.54, 1.807) is 12.5 Å². The van der Waals surface area contributed by atoms with Gasteiger partial charge in [0.2, 0.25) is 0 Å². The van der Waals surface area contributed by atoms with Gasteiger partial charge in [0.15, 0.2) is 6.29 Å². The molecule has 208 valence electrons. The Hall–Kier alpha value is -1.75. The van der Waals surface area contributed by atoms with Crippen LogP contribution in [0.4, 0.5) is 0 Å². The van der Waals surface area contributed by atoms with Gasteiger partial charge >= 0.3 is 5.97 Å². The van der Waals surface area contributed by atoms with E-state index in [0.29, 0.717) is 6.42 Å². The average Bonchev–Trinajstić information content (AvgIpc) is 3.39. The lowest BCUT2D eigenvalue weighted by Gasteiger charge is -2.61. The van der Waals surface area contributed by atoms with Crippen LogP contribution < -0.4 is 0 Å². The number of hydrogen-bond donors (Lipinski definition) is 4. The number of hydrogen-bond acceptors (Lipinski definition) is 9. The molecule has 1 aliphatic heterocycles. The SMILES string of the molecule is CC(=O)OC[C@H]1O[C@@H](O[C@H]2C[C@@H](C)[C@](C)(CCc3ccoc3)[C@H]3CCC=C(CO)[C@]23C)[C@H](O)[C@@H](O)[C@@H]1O. The van der Waals surface area contributed by atoms with Crippen LogP contribution in [0.5, 0.6) is 0 Å². The van der Waals surface area contributed by atoms with Crippen molar-refractivity contribution in [3.8, 4) is 0 Å². The van der Waals surface area contributed by atoms with Gasteiger partial charge < -0.3 is 39.1 Å². The molecule has 2 heterocycles. The van der Waals surface area contributed by atoms with Crippen molar-refractivity contribution in [2.45, 2.75) is 96.6 Å². The summed E-state index contributed by atoms with van der Waals surface area (Å²) < 4.78 is 22.6. The Morgan fingerprint density at radius 3 is 2.59 bits per heavy atom. The molecule has 4 N–H and O–H groups in total. The van der Waals surface area contributed by atoms with Gasteiger partial charge in [-0.15, -0.1) is 0 Å². The molecule has 1 saturated heterocycles. The van der Waals surface area contributed by atoms with Crippen molar-refractivity contribution in [2.24, 2.45) is 22.7 Å². The zero-order chi connectivity index (χ0) is 27.0. The molecular weight excluding hydrogens is 480 g/mol. The van der Waals surface area contributed by atoms with E-state index < -0.39 is 48.2 Å². The first-order valence-corrected chi connectivity index (χ1v) is 13.3. The number of allylic oxidation sites excluding steroid dienone is 1. The lowest BCUT2D eigenvalue weighted by Crippen LogP contribution is -2.63. The van der Waals surface area contributed by atoms with Crippen molar-refractivity contribution in [3.63, 3.8) is 0 Å². The van der Waals surface area contributed by atoms with Crippen molar-refractivity contribution in [3.05, 3.63) is 35.8 Å². The molecule has 3 aliphatic rings. The van der Waals surface area contributed by atoms with Gasteiger partial charge in [0.1, 0.15) is 31.0 Å². The molecule has 0 aromatic carbocycles. The summed E-state index contributed by atoms with van der Waals surface area (Å²) in [6, 6.07) is 2.00. The zero-order valence-corrected chi connectivity index (χ0v) is 22.2. The molecule has 1 saturated carbocycles. The molecule has 9 nitrogen and oxygen atoms in total. The number of fused-ring (bicyclic) bond motifs is 1. The number of carbonyl (C=O) groups is 1. The van der Waals surface area contributed by atoms with Crippen LogP contribution in [-0.2, 0) is 25.4 Å². The number of aryl methyl sites for hydroxylation is 1. The van der Waals surface area contributed by atoms with Gasteiger partial charge in [-0.25, -0.2) is 0 Å². The summed E-state index contributed by atoms with van der Waals surface area (Å²) in [5, 5.41) is 42.0. The van der Waals surface area contributed by atoms with E-state index in [0.717, 1.165) is 36.8 Å². The lowest BCUT2D eigenvalue weighted by molar-refractivity contribution is -0.328. The minimum Gasteiger partial charge on any atom is -0.472 e. The number of carbonyl (C=O) groups excluding carboxylic acids is 1. The number of ether oxygens (including phenoxy) is 3. The smallest absolute Gasteiger partial charge is 0.302 e. The predicted octanol–water partition coefficient (Wildman–Crippen LogP) is 2.35. The summed E-state index contributed by atoms with van der Waals surface area (Å²) in [6.45, 7) is 7.57. The molecule has 0 unspecified atom stereocenters. The molecule has 0 spiro atoms. The molecule has 0 radical (unpaired) electrons. The Kier molecular flexibility index (Phi) is 8.52. The van der Waals surface area contributed by atoms with Gasteiger partial charge in [0.25, 0.3) is 0 Å². The number of furan rings is 1. The first kappa shape index (κ1) is 28.3. The van der Waals surface area contributed by atoms with Crippen LogP contribution in [0, 0.1) is 22.7 Å². The fraction of sp³-hybridized carbons (Fsp3) is 0.750. The van der Waals surface area contributed by atoms with E-state index in [1.807, 2.05) is 6.07 Å². The number of esters is 1. The highest BCUT2D eigenvalue weighted by Gasteiger charge is 2.60. The van der Waals surface area contributed by atoms with Crippen LogP contribution in [0.2, 0.25) is 0 Å². The summed E-state index contributed by atoms with van der Waals surface area (Å²) in [5.74, 6) is -0.0884. The molecular formula is C28H42O9. The third-order valence-electron chi connectivity index (χ3n) is 9.54. The molecule has 9 heteroatoms. The summed E-state index contributed by atoms with van der Waals surface area (Å²) in [7, 11) is 0. The van der Waals surface area contributed by atoms with Crippen molar-refractivity contribution < 1.29 is 43.8 Å². The van der Waals surface area contributed by atoms with Crippen LogP contribution in [0.3, 0.4) is 0 Å². The van der Waals surface area contributed by atoms with Gasteiger partial charge in [-0.1, -0.05) is 26.8 Å². The maximum atomic E-state index is 11.3. The van der Waals surface area contributed by atoms with Crippen LogP contribution in [0.1, 0.15) is 58.9 Å². The molecule has 4 rings (SSSR count). The first-order valence-electron chi connectivity index (χ1n) is 13.3. The highest BCUT2D eigenvalue weighted by molar-refractivity contribution is 5.65. The quantitative estimate of drug-likeness (QED) is 0.299. The average molecular weight is 523 g/mol. The van der Waals surface area contributed by atoms with Crippen molar-refractivity contribution in [2.75, 3.05) is 13.2 Å². The predicted molar refractivity (Wildman–Crippen MR) is 133 cm³/mol. The van der Waals surface area contributed by atoms with Gasteiger partial charge in [-0.2, -0.15) is 0 Å². The standard InChI is InChI=1S/C28H42O9/c1-16-12-22(37-26-25(33)24(32)23(31)20(36-26)15-35-17(2)30)28(4)19(13-29)6-5-7-21(28)27(16,3)10-8-18-9-11-34-14-18/h6,9,11,14,16,20-26,29,31-33H,5,7-8,10,12-13,15H2,1-4H3/t16-,20-,21-,22+,23-,24+,25-,26+,27+,28+/m1/s1. The minimum absolute atomic E-state index is 0.0415. The Labute approximate surface area is 218 Å². The van der Waals surface area contributed by atoms with Crippen LogP contribution in [-0.4, -0.2) is 76.4 Å². The fourth-order valence-corrected chi connectivity index (χ4v) is 7.02. The summed E-state index contributed by atoms with van der Waals surface area (Å²) in [5.41, 5.74) is 1.50. The van der Waals surface area contributed by atoms with E-state index in [9.17, 15) is 25.2 Å². The molecule has 2 aliphatic carbocycles. The highest BCUT2D eigenvalue weighted by atomic mass is 16.7. The Bertz CT molecular complexity index is 945. The second kappa shape index (κ2) is 11.2. The van der Waals surface area contributed by atoms with E-state index in [4.69, 9.17) is 18.6 Å². The zero-order valence-electron chi connectivity index (χ0n) is 22.2. The van der Waals surface area contributed by atoms with Crippen LogP contribution in [0.25, 0.3) is 0 Å².